The number of likely N-dealkylation sites (N-methyl/N-ethyl adjacent to an activating group) is 1. The van der Waals surface area contributed by atoms with Crippen molar-refractivity contribution >= 4 is 17.5 Å². The number of hydrogen-bond donors (Lipinski definition) is 1. The number of halogens is 1. The zero-order valence-electron chi connectivity index (χ0n) is 14.6. The van der Waals surface area contributed by atoms with Gasteiger partial charge in [-0.25, -0.2) is 0 Å². The van der Waals surface area contributed by atoms with Crippen LogP contribution in [-0.4, -0.2) is 44.2 Å². The monoisotopic (exact) mass is 342 g/mol. The molecular weight excluding hydrogens is 316 g/mol. The Balaban J connectivity index is 3.01. The largest absolute Gasteiger partial charge is 0.493 e. The highest BCUT2D eigenvalue weighted by molar-refractivity contribution is 6.32. The second-order valence-corrected chi connectivity index (χ2v) is 6.43. The van der Waals surface area contributed by atoms with E-state index in [2.05, 4.69) is 13.8 Å². The van der Waals surface area contributed by atoms with Crippen molar-refractivity contribution in [2.75, 3.05) is 27.3 Å². The third-order valence-electron chi connectivity index (χ3n) is 3.74. The molecule has 1 aromatic carbocycles. The third-order valence-corrected chi connectivity index (χ3v) is 4.02. The molecule has 1 atom stereocenters. The van der Waals surface area contributed by atoms with Gasteiger partial charge >= 0.3 is 0 Å². The lowest BCUT2D eigenvalue weighted by Gasteiger charge is -2.24. The van der Waals surface area contributed by atoms with Crippen LogP contribution in [-0.2, 0) is 0 Å². The van der Waals surface area contributed by atoms with Gasteiger partial charge in [0.2, 0.25) is 0 Å². The molecule has 1 amide bonds. The van der Waals surface area contributed by atoms with Crippen LogP contribution in [0.5, 0.6) is 11.5 Å². The Morgan fingerprint density at radius 2 is 2.00 bits per heavy atom. The number of methoxy groups -OCH3 is 1. The summed E-state index contributed by atoms with van der Waals surface area (Å²) >= 11 is 6.29. The summed E-state index contributed by atoms with van der Waals surface area (Å²) < 4.78 is 11.1. The predicted molar refractivity (Wildman–Crippen MR) is 93.6 cm³/mol. The second kappa shape index (κ2) is 8.99. The minimum absolute atomic E-state index is 0.0609. The molecule has 0 bridgehead atoms. The molecule has 0 aliphatic carbocycles. The molecule has 6 heteroatoms. The third kappa shape index (κ3) is 5.29. The first-order valence-corrected chi connectivity index (χ1v) is 8.17. The molecule has 2 N–H and O–H groups in total. The first-order valence-electron chi connectivity index (χ1n) is 7.79. The lowest BCUT2D eigenvalue weighted by Crippen LogP contribution is -2.39. The van der Waals surface area contributed by atoms with Crippen LogP contribution >= 0.6 is 11.6 Å². The fraction of sp³-hybridized carbons (Fsp3) is 0.588. The zero-order valence-corrected chi connectivity index (χ0v) is 15.3. The Hall–Kier alpha value is -1.46. The molecule has 5 nitrogen and oxygen atoms in total. The smallest absolute Gasteiger partial charge is 0.254 e. The van der Waals surface area contributed by atoms with E-state index in [1.807, 2.05) is 6.92 Å². The number of ether oxygens (including phenoxy) is 2. The Morgan fingerprint density at radius 1 is 1.35 bits per heavy atom. The van der Waals surface area contributed by atoms with Gasteiger partial charge < -0.3 is 20.1 Å². The summed E-state index contributed by atoms with van der Waals surface area (Å²) in [6.45, 7) is 7.08. The summed E-state index contributed by atoms with van der Waals surface area (Å²) in [6.07, 6.45) is 0.914. The first-order chi connectivity index (χ1) is 10.8. The molecular formula is C17H27ClN2O3. The molecule has 0 spiro atoms. The van der Waals surface area contributed by atoms with Gasteiger partial charge in [0.25, 0.3) is 5.91 Å². The maximum Gasteiger partial charge on any atom is 0.254 e. The molecule has 0 radical (unpaired) electrons. The van der Waals surface area contributed by atoms with E-state index in [0.717, 1.165) is 6.42 Å². The van der Waals surface area contributed by atoms with Crippen molar-refractivity contribution in [2.24, 2.45) is 11.7 Å². The highest BCUT2D eigenvalue weighted by Gasteiger charge is 2.20. The molecule has 0 saturated heterocycles. The van der Waals surface area contributed by atoms with Crippen molar-refractivity contribution in [3.05, 3.63) is 22.7 Å². The van der Waals surface area contributed by atoms with Crippen molar-refractivity contribution in [1.82, 2.24) is 4.90 Å². The molecule has 130 valence electrons. The number of nitrogens with two attached hydrogens (primary N) is 1. The van der Waals surface area contributed by atoms with Crippen molar-refractivity contribution in [3.63, 3.8) is 0 Å². The van der Waals surface area contributed by atoms with Crippen molar-refractivity contribution in [2.45, 2.75) is 33.2 Å². The van der Waals surface area contributed by atoms with E-state index in [1.54, 1.807) is 24.1 Å². The molecule has 0 fully saturated rings. The van der Waals surface area contributed by atoms with Crippen molar-refractivity contribution in [3.8, 4) is 11.5 Å². The van der Waals surface area contributed by atoms with Gasteiger partial charge in [-0.2, -0.15) is 0 Å². The van der Waals surface area contributed by atoms with Crippen molar-refractivity contribution in [1.29, 1.82) is 0 Å². The average molecular weight is 343 g/mol. The number of amides is 1. The molecule has 1 rings (SSSR count). The topological polar surface area (TPSA) is 64.8 Å². The van der Waals surface area contributed by atoms with Gasteiger partial charge in [0.1, 0.15) is 0 Å². The minimum atomic E-state index is -0.156. The highest BCUT2D eigenvalue weighted by Crippen LogP contribution is 2.37. The number of rotatable bonds is 8. The average Bonchev–Trinajstić information content (AvgIpc) is 2.53. The van der Waals surface area contributed by atoms with Crippen LogP contribution < -0.4 is 15.2 Å². The SMILES string of the molecule is COc1cc(C(=O)N(C)C(C)CN)cc(Cl)c1OCCC(C)C. The lowest BCUT2D eigenvalue weighted by molar-refractivity contribution is 0.0748. The maximum absolute atomic E-state index is 12.5. The molecule has 0 aromatic heterocycles. The lowest BCUT2D eigenvalue weighted by atomic mass is 10.1. The number of carbonyl (C=O) groups excluding carboxylic acids is 1. The Labute approximate surface area is 143 Å². The Kier molecular flexibility index (Phi) is 7.65. The van der Waals surface area contributed by atoms with Gasteiger partial charge in [0, 0.05) is 25.2 Å². The minimum Gasteiger partial charge on any atom is -0.493 e. The van der Waals surface area contributed by atoms with Gasteiger partial charge in [-0.3, -0.25) is 4.79 Å². The number of benzene rings is 1. The summed E-state index contributed by atoms with van der Waals surface area (Å²) in [5.74, 6) is 1.31. The van der Waals surface area contributed by atoms with Crippen LogP contribution in [0.15, 0.2) is 12.1 Å². The van der Waals surface area contributed by atoms with Gasteiger partial charge in [-0.1, -0.05) is 25.4 Å². The summed E-state index contributed by atoms with van der Waals surface area (Å²) in [6, 6.07) is 3.20. The van der Waals surface area contributed by atoms with E-state index in [1.165, 1.54) is 7.11 Å². The molecule has 23 heavy (non-hydrogen) atoms. The van der Waals surface area contributed by atoms with E-state index in [-0.39, 0.29) is 11.9 Å². The highest BCUT2D eigenvalue weighted by atomic mass is 35.5. The quantitative estimate of drug-likeness (QED) is 0.788. The van der Waals surface area contributed by atoms with E-state index in [0.29, 0.717) is 41.2 Å². The van der Waals surface area contributed by atoms with Crippen LogP contribution in [0.2, 0.25) is 5.02 Å². The van der Waals surface area contributed by atoms with Crippen molar-refractivity contribution < 1.29 is 14.3 Å². The van der Waals surface area contributed by atoms with Crippen LogP contribution in [0.3, 0.4) is 0 Å². The van der Waals surface area contributed by atoms with Crippen LogP contribution in [0.4, 0.5) is 0 Å². The molecule has 1 aromatic rings. The van der Waals surface area contributed by atoms with E-state index in [9.17, 15) is 4.79 Å². The zero-order chi connectivity index (χ0) is 17.6. The maximum atomic E-state index is 12.5. The number of hydrogen-bond acceptors (Lipinski definition) is 4. The fourth-order valence-corrected chi connectivity index (χ4v) is 2.21. The Bertz CT molecular complexity index is 535. The van der Waals surface area contributed by atoms with Gasteiger partial charge in [-0.15, -0.1) is 0 Å². The van der Waals surface area contributed by atoms with Gasteiger partial charge in [-0.05, 0) is 31.4 Å². The normalized spacial score (nSPS) is 12.2. The number of carbonyl (C=O) groups is 1. The fourth-order valence-electron chi connectivity index (χ4n) is 1.94. The van der Waals surface area contributed by atoms with E-state index >= 15 is 0 Å². The van der Waals surface area contributed by atoms with Crippen LogP contribution in [0.1, 0.15) is 37.6 Å². The molecule has 0 aliphatic heterocycles. The second-order valence-electron chi connectivity index (χ2n) is 6.02. The van der Waals surface area contributed by atoms with Gasteiger partial charge in [0.15, 0.2) is 11.5 Å². The summed E-state index contributed by atoms with van der Waals surface area (Å²) in [7, 11) is 3.24. The standard InChI is InChI=1S/C17H27ClN2O3/c1-11(2)6-7-23-16-14(18)8-13(9-15(16)22-5)17(21)20(4)12(3)10-19/h8-9,11-12H,6-7,10,19H2,1-5H3. The summed E-state index contributed by atoms with van der Waals surface area (Å²) in [5.41, 5.74) is 6.06. The predicted octanol–water partition coefficient (Wildman–Crippen LogP) is 3.19. The molecule has 0 heterocycles. The molecule has 1 unspecified atom stereocenters. The summed E-state index contributed by atoms with van der Waals surface area (Å²) in [5, 5.41) is 0.366. The van der Waals surface area contributed by atoms with Crippen LogP contribution in [0.25, 0.3) is 0 Å². The Morgan fingerprint density at radius 3 is 2.52 bits per heavy atom. The van der Waals surface area contributed by atoms with Crippen LogP contribution in [0, 0.1) is 5.92 Å². The number of nitrogens with zero attached hydrogens (tertiary/aromatic N) is 1. The first kappa shape index (κ1) is 19.6. The van der Waals surface area contributed by atoms with E-state index < -0.39 is 0 Å². The van der Waals surface area contributed by atoms with Gasteiger partial charge in [0.05, 0.1) is 18.7 Å². The van der Waals surface area contributed by atoms with E-state index in [4.69, 9.17) is 26.8 Å². The molecule has 0 saturated carbocycles. The summed E-state index contributed by atoms with van der Waals surface area (Å²) in [4.78, 5) is 14.1. The molecule has 0 aliphatic rings.